The zero-order chi connectivity index (χ0) is 24.6. The summed E-state index contributed by atoms with van der Waals surface area (Å²) in [7, 11) is 3.73. The summed E-state index contributed by atoms with van der Waals surface area (Å²) >= 11 is 1.74. The van der Waals surface area contributed by atoms with Gasteiger partial charge in [-0.25, -0.2) is 0 Å². The van der Waals surface area contributed by atoms with Crippen LogP contribution in [0.1, 0.15) is 0 Å². The maximum Gasteiger partial charge on any atom is 0.238 e. The first-order valence-corrected chi connectivity index (χ1v) is 12.5. The van der Waals surface area contributed by atoms with Crippen molar-refractivity contribution < 1.29 is 4.79 Å². The Morgan fingerprint density at radius 2 is 1.89 bits per heavy atom. The van der Waals surface area contributed by atoms with Gasteiger partial charge < -0.3 is 15.2 Å². The van der Waals surface area contributed by atoms with E-state index in [-0.39, 0.29) is 5.91 Å². The molecule has 0 atom stereocenters. The SMILES string of the molecule is CN(C)CC(=O)Nc1cncc(-c2ccc3[nH]nc(-c4cc5c(-c6cccs6)cccc5[nH]4)c3c2)c1. The van der Waals surface area contributed by atoms with E-state index in [0.717, 1.165) is 38.9 Å². The zero-order valence-electron chi connectivity index (χ0n) is 19.9. The molecule has 6 rings (SSSR count). The van der Waals surface area contributed by atoms with Crippen molar-refractivity contribution in [2.45, 2.75) is 0 Å². The molecule has 0 aliphatic rings. The average molecular weight is 493 g/mol. The molecule has 4 heterocycles. The first-order chi connectivity index (χ1) is 17.5. The van der Waals surface area contributed by atoms with Crippen molar-refractivity contribution in [3.05, 3.63) is 78.4 Å². The fourth-order valence-corrected chi connectivity index (χ4v) is 5.25. The van der Waals surface area contributed by atoms with Crippen LogP contribution in [0.5, 0.6) is 0 Å². The van der Waals surface area contributed by atoms with Gasteiger partial charge in [0.05, 0.1) is 29.6 Å². The number of likely N-dealkylation sites (N-methyl/N-ethyl adjacent to an activating group) is 1. The van der Waals surface area contributed by atoms with Crippen molar-refractivity contribution in [2.75, 3.05) is 26.0 Å². The van der Waals surface area contributed by atoms with Gasteiger partial charge in [0.25, 0.3) is 0 Å². The van der Waals surface area contributed by atoms with Gasteiger partial charge in [0.15, 0.2) is 0 Å². The number of aromatic nitrogens is 4. The second kappa shape index (κ2) is 9.07. The average Bonchev–Trinajstić information content (AvgIpc) is 3.62. The Morgan fingerprint density at radius 3 is 2.72 bits per heavy atom. The maximum absolute atomic E-state index is 12.2. The molecule has 0 saturated heterocycles. The number of carbonyl (C=O) groups is 1. The van der Waals surface area contributed by atoms with Crippen LogP contribution in [0, 0.1) is 0 Å². The van der Waals surface area contributed by atoms with E-state index in [0.29, 0.717) is 12.2 Å². The molecule has 4 aromatic heterocycles. The summed E-state index contributed by atoms with van der Waals surface area (Å²) in [4.78, 5) is 23.2. The summed E-state index contributed by atoms with van der Waals surface area (Å²) in [5.74, 6) is -0.0766. The van der Waals surface area contributed by atoms with Crippen molar-refractivity contribution in [2.24, 2.45) is 0 Å². The third-order valence-corrected chi connectivity index (χ3v) is 6.99. The topological polar surface area (TPSA) is 89.7 Å². The van der Waals surface area contributed by atoms with Crippen LogP contribution in [0.15, 0.2) is 78.4 Å². The van der Waals surface area contributed by atoms with Gasteiger partial charge in [-0.1, -0.05) is 24.3 Å². The third kappa shape index (κ3) is 4.17. The summed E-state index contributed by atoms with van der Waals surface area (Å²) in [6, 6.07) is 20.8. The van der Waals surface area contributed by atoms with E-state index in [9.17, 15) is 4.79 Å². The molecular formula is C28H24N6OS. The standard InChI is InChI=1S/C28H24N6OS/c1-34(2)16-27(35)30-19-11-18(14-29-15-19)17-8-9-24-22(12-17)28(33-32-24)25-13-21-20(26-7-4-10-36-26)5-3-6-23(21)31-25/h3-15,31H,16H2,1-2H3,(H,30,35)(H,32,33). The number of fused-ring (bicyclic) bond motifs is 2. The lowest BCUT2D eigenvalue weighted by atomic mass is 10.0. The molecular weight excluding hydrogens is 468 g/mol. The molecule has 178 valence electrons. The molecule has 0 aliphatic heterocycles. The van der Waals surface area contributed by atoms with Crippen LogP contribution >= 0.6 is 11.3 Å². The molecule has 36 heavy (non-hydrogen) atoms. The molecule has 0 aliphatic carbocycles. The van der Waals surface area contributed by atoms with E-state index in [1.54, 1.807) is 23.7 Å². The molecule has 0 bridgehead atoms. The Labute approximate surface area is 211 Å². The Morgan fingerprint density at radius 1 is 0.972 bits per heavy atom. The van der Waals surface area contributed by atoms with E-state index in [2.05, 4.69) is 73.3 Å². The highest BCUT2D eigenvalue weighted by Gasteiger charge is 2.15. The normalized spacial score (nSPS) is 11.5. The van der Waals surface area contributed by atoms with Gasteiger partial charge in [-0.3, -0.25) is 14.9 Å². The van der Waals surface area contributed by atoms with Gasteiger partial charge in [0.1, 0.15) is 5.69 Å². The maximum atomic E-state index is 12.2. The molecule has 0 radical (unpaired) electrons. The van der Waals surface area contributed by atoms with E-state index in [1.807, 2.05) is 37.2 Å². The van der Waals surface area contributed by atoms with E-state index in [1.165, 1.54) is 15.8 Å². The van der Waals surface area contributed by atoms with Crippen molar-refractivity contribution in [3.63, 3.8) is 0 Å². The number of rotatable bonds is 6. The molecule has 0 saturated carbocycles. The number of benzene rings is 2. The lowest BCUT2D eigenvalue weighted by Crippen LogP contribution is -2.27. The first-order valence-electron chi connectivity index (χ1n) is 11.6. The zero-order valence-corrected chi connectivity index (χ0v) is 20.7. The van der Waals surface area contributed by atoms with Gasteiger partial charge in [0.2, 0.25) is 5.91 Å². The second-order valence-corrected chi connectivity index (χ2v) is 9.96. The number of aromatic amines is 2. The smallest absolute Gasteiger partial charge is 0.238 e. The van der Waals surface area contributed by atoms with Crippen molar-refractivity contribution >= 4 is 44.7 Å². The summed E-state index contributed by atoms with van der Waals surface area (Å²) in [6.07, 6.45) is 3.47. The second-order valence-electron chi connectivity index (χ2n) is 9.01. The van der Waals surface area contributed by atoms with E-state index >= 15 is 0 Å². The van der Waals surface area contributed by atoms with Crippen LogP contribution in [-0.4, -0.2) is 51.6 Å². The fraction of sp³-hybridized carbons (Fsp3) is 0.107. The molecule has 3 N–H and O–H groups in total. The molecule has 0 fully saturated rings. The molecule has 8 heteroatoms. The third-order valence-electron chi connectivity index (χ3n) is 6.08. The van der Waals surface area contributed by atoms with Crippen LogP contribution in [0.25, 0.3) is 54.8 Å². The number of pyridine rings is 1. The molecule has 6 aromatic rings. The van der Waals surface area contributed by atoms with Gasteiger partial charge in [0, 0.05) is 38.5 Å². The van der Waals surface area contributed by atoms with Gasteiger partial charge >= 0.3 is 0 Å². The lowest BCUT2D eigenvalue weighted by Gasteiger charge is -2.11. The number of anilines is 1. The number of carbonyl (C=O) groups excluding carboxylic acids is 1. The predicted molar refractivity (Wildman–Crippen MR) is 147 cm³/mol. The van der Waals surface area contributed by atoms with Crippen LogP contribution in [0.4, 0.5) is 5.69 Å². The largest absolute Gasteiger partial charge is 0.353 e. The quantitative estimate of drug-likeness (QED) is 0.266. The van der Waals surface area contributed by atoms with Crippen molar-refractivity contribution in [1.29, 1.82) is 0 Å². The monoisotopic (exact) mass is 492 g/mol. The minimum atomic E-state index is -0.0766. The van der Waals surface area contributed by atoms with E-state index < -0.39 is 0 Å². The highest BCUT2D eigenvalue weighted by molar-refractivity contribution is 7.13. The minimum absolute atomic E-state index is 0.0766. The Bertz CT molecular complexity index is 1700. The fourth-order valence-electron chi connectivity index (χ4n) is 4.48. The molecule has 1 amide bonds. The van der Waals surface area contributed by atoms with E-state index in [4.69, 9.17) is 0 Å². The van der Waals surface area contributed by atoms with Crippen LogP contribution in [0.2, 0.25) is 0 Å². The molecule has 0 unspecified atom stereocenters. The summed E-state index contributed by atoms with van der Waals surface area (Å²) in [5, 5.41) is 15.0. The first kappa shape index (κ1) is 22.2. The minimum Gasteiger partial charge on any atom is -0.353 e. The Kier molecular flexibility index (Phi) is 5.59. The van der Waals surface area contributed by atoms with Crippen molar-refractivity contribution in [3.8, 4) is 33.0 Å². The highest BCUT2D eigenvalue weighted by atomic mass is 32.1. The Hall–Kier alpha value is -4.27. The van der Waals surface area contributed by atoms with Crippen LogP contribution in [0.3, 0.4) is 0 Å². The Balaban J connectivity index is 1.38. The molecule has 0 spiro atoms. The molecule has 2 aromatic carbocycles. The number of nitrogens with one attached hydrogen (secondary N) is 3. The van der Waals surface area contributed by atoms with Crippen molar-refractivity contribution in [1.82, 2.24) is 25.1 Å². The highest BCUT2D eigenvalue weighted by Crippen LogP contribution is 2.36. The number of thiophene rings is 1. The predicted octanol–water partition coefficient (Wildman–Crippen LogP) is 6.00. The molecule has 7 nitrogen and oxygen atoms in total. The van der Waals surface area contributed by atoms with Crippen LogP contribution < -0.4 is 5.32 Å². The summed E-state index contributed by atoms with van der Waals surface area (Å²) in [6.45, 7) is 0.313. The van der Waals surface area contributed by atoms with Crippen LogP contribution in [-0.2, 0) is 4.79 Å². The number of nitrogens with zero attached hydrogens (tertiary/aromatic N) is 3. The summed E-state index contributed by atoms with van der Waals surface area (Å²) in [5.41, 5.74) is 7.65. The van der Waals surface area contributed by atoms with Gasteiger partial charge in [-0.15, -0.1) is 11.3 Å². The van der Waals surface area contributed by atoms with Gasteiger partial charge in [-0.05, 0) is 61.4 Å². The number of hydrogen-bond donors (Lipinski definition) is 3. The summed E-state index contributed by atoms with van der Waals surface area (Å²) < 4.78 is 0. The lowest BCUT2D eigenvalue weighted by molar-refractivity contribution is -0.116. The number of hydrogen-bond acceptors (Lipinski definition) is 5. The number of H-pyrrole nitrogens is 2. The van der Waals surface area contributed by atoms with Gasteiger partial charge in [-0.2, -0.15) is 5.10 Å². The number of amides is 1.